The van der Waals surface area contributed by atoms with E-state index in [4.69, 9.17) is 10.4 Å². The van der Waals surface area contributed by atoms with E-state index in [1.165, 1.54) is 24.5 Å². The Morgan fingerprint density at radius 1 is 1.15 bits per heavy atom. The molecule has 4 aromatic rings. The number of aromatic nitrogens is 4. The Morgan fingerprint density at radius 3 is 2.62 bits per heavy atom. The van der Waals surface area contributed by atoms with Gasteiger partial charge in [0.1, 0.15) is 17.7 Å². The van der Waals surface area contributed by atoms with Crippen LogP contribution in [0.2, 0.25) is 0 Å². The molecule has 4 aromatic heterocycles. The third-order valence-electron chi connectivity index (χ3n) is 6.66. The average molecular weight is 524 g/mol. The van der Waals surface area contributed by atoms with Crippen LogP contribution in [0, 0.1) is 22.6 Å². The third-order valence-corrected chi connectivity index (χ3v) is 6.66. The number of amides is 1. The monoisotopic (exact) mass is 523 g/mol. The first-order valence-electron chi connectivity index (χ1n) is 12.4. The number of pyridine rings is 3. The maximum absolute atomic E-state index is 13.1. The Balaban J connectivity index is 1.33. The van der Waals surface area contributed by atoms with Gasteiger partial charge in [0.05, 0.1) is 29.9 Å². The number of allylic oxidation sites excluding steroid dienone is 1. The molecule has 1 aliphatic heterocycles. The summed E-state index contributed by atoms with van der Waals surface area (Å²) in [5, 5.41) is 24.7. The van der Waals surface area contributed by atoms with Crippen molar-refractivity contribution < 1.29 is 9.18 Å². The first-order chi connectivity index (χ1) is 19.0. The van der Waals surface area contributed by atoms with Gasteiger partial charge in [0.25, 0.3) is 0 Å². The van der Waals surface area contributed by atoms with Crippen LogP contribution in [0.3, 0.4) is 0 Å². The van der Waals surface area contributed by atoms with Gasteiger partial charge in [0, 0.05) is 86.0 Å². The van der Waals surface area contributed by atoms with Crippen molar-refractivity contribution in [2.45, 2.75) is 6.42 Å². The molecular weight excluding hydrogens is 497 g/mol. The summed E-state index contributed by atoms with van der Waals surface area (Å²) >= 11 is 0. The topological polar surface area (TPSA) is 126 Å². The molecule has 0 radical (unpaired) electrons. The Bertz CT molecular complexity index is 1580. The van der Waals surface area contributed by atoms with E-state index in [2.05, 4.69) is 26.4 Å². The summed E-state index contributed by atoms with van der Waals surface area (Å²) < 4.78 is 14.7. The first-order valence-corrected chi connectivity index (χ1v) is 12.4. The summed E-state index contributed by atoms with van der Waals surface area (Å²) in [5.74, 6) is 0.335. The molecule has 2 N–H and O–H groups in total. The molecule has 1 fully saturated rings. The van der Waals surface area contributed by atoms with Crippen molar-refractivity contribution in [2.24, 2.45) is 0 Å². The van der Waals surface area contributed by atoms with E-state index in [9.17, 15) is 14.4 Å². The van der Waals surface area contributed by atoms with Crippen LogP contribution in [-0.2, 0) is 11.2 Å². The normalized spacial score (nSPS) is 13.8. The molecule has 5 rings (SSSR count). The van der Waals surface area contributed by atoms with Crippen molar-refractivity contribution in [3.05, 3.63) is 84.0 Å². The Morgan fingerprint density at radius 2 is 1.97 bits per heavy atom. The molecule has 11 heteroatoms. The SMILES string of the molecule is CN/C=C(\C=N)c1cc(-c2ccc(N3CCN(C(=O)Cc4ccc(F)cn4)CC3)nc2)c2c(C#N)cnn2c1. The van der Waals surface area contributed by atoms with E-state index < -0.39 is 5.82 Å². The minimum absolute atomic E-state index is 0.0355. The first kappa shape index (κ1) is 25.5. The molecule has 1 amide bonds. The number of hydrogen-bond acceptors (Lipinski definition) is 8. The van der Waals surface area contributed by atoms with Crippen LogP contribution in [0.5, 0.6) is 0 Å². The van der Waals surface area contributed by atoms with E-state index in [1.807, 2.05) is 18.2 Å². The molecule has 39 heavy (non-hydrogen) atoms. The van der Waals surface area contributed by atoms with Crippen molar-refractivity contribution in [3.63, 3.8) is 0 Å². The number of carbonyl (C=O) groups excluding carboxylic acids is 1. The molecule has 0 aromatic carbocycles. The lowest BCUT2D eigenvalue weighted by Gasteiger charge is -2.35. The van der Waals surface area contributed by atoms with Gasteiger partial charge in [-0.25, -0.2) is 13.9 Å². The van der Waals surface area contributed by atoms with Crippen molar-refractivity contribution in [3.8, 4) is 17.2 Å². The van der Waals surface area contributed by atoms with E-state index in [0.717, 1.165) is 28.7 Å². The van der Waals surface area contributed by atoms with Crippen molar-refractivity contribution in [1.82, 2.24) is 29.8 Å². The van der Waals surface area contributed by atoms with E-state index in [0.29, 0.717) is 48.5 Å². The second-order valence-corrected chi connectivity index (χ2v) is 9.06. The molecular formula is C28H26FN9O. The highest BCUT2D eigenvalue weighted by molar-refractivity contribution is 6.08. The number of fused-ring (bicyclic) bond motifs is 1. The molecule has 1 aliphatic rings. The largest absolute Gasteiger partial charge is 0.393 e. The minimum Gasteiger partial charge on any atom is -0.393 e. The fourth-order valence-corrected chi connectivity index (χ4v) is 4.64. The smallest absolute Gasteiger partial charge is 0.228 e. The number of carbonyl (C=O) groups is 1. The van der Waals surface area contributed by atoms with Crippen LogP contribution in [0.1, 0.15) is 16.8 Å². The fraction of sp³-hybridized carbons (Fsp3) is 0.214. The summed E-state index contributed by atoms with van der Waals surface area (Å²) in [6.07, 6.45) is 9.35. The molecule has 0 bridgehead atoms. The lowest BCUT2D eigenvalue weighted by Crippen LogP contribution is -2.49. The number of nitriles is 1. The fourth-order valence-electron chi connectivity index (χ4n) is 4.64. The second-order valence-electron chi connectivity index (χ2n) is 9.06. The molecule has 0 saturated carbocycles. The van der Waals surface area contributed by atoms with Crippen molar-refractivity contribution >= 4 is 29.0 Å². The number of anilines is 1. The maximum Gasteiger partial charge on any atom is 0.228 e. The lowest BCUT2D eigenvalue weighted by atomic mass is 10.0. The Kier molecular flexibility index (Phi) is 7.27. The number of rotatable bonds is 7. The Hall–Kier alpha value is -5.11. The van der Waals surface area contributed by atoms with Crippen LogP contribution in [0.4, 0.5) is 10.2 Å². The molecule has 5 heterocycles. The van der Waals surface area contributed by atoms with Gasteiger partial charge < -0.3 is 20.5 Å². The Labute approximate surface area is 224 Å². The second kappa shape index (κ2) is 11.1. The molecule has 1 saturated heterocycles. The zero-order valence-electron chi connectivity index (χ0n) is 21.3. The number of piperazine rings is 1. The van der Waals surface area contributed by atoms with Crippen LogP contribution < -0.4 is 10.2 Å². The average Bonchev–Trinajstić information content (AvgIpc) is 3.40. The van der Waals surface area contributed by atoms with Gasteiger partial charge in [0.2, 0.25) is 5.91 Å². The van der Waals surface area contributed by atoms with Gasteiger partial charge in [0.15, 0.2) is 0 Å². The zero-order chi connectivity index (χ0) is 27.4. The molecule has 196 valence electrons. The van der Waals surface area contributed by atoms with Gasteiger partial charge in [-0.3, -0.25) is 9.78 Å². The van der Waals surface area contributed by atoms with Gasteiger partial charge in [-0.15, -0.1) is 0 Å². The summed E-state index contributed by atoms with van der Waals surface area (Å²) in [6, 6.07) is 10.9. The van der Waals surface area contributed by atoms with Crippen LogP contribution in [0.25, 0.3) is 22.2 Å². The summed E-state index contributed by atoms with van der Waals surface area (Å²) in [4.78, 5) is 25.3. The van der Waals surface area contributed by atoms with Gasteiger partial charge in [-0.2, -0.15) is 10.4 Å². The van der Waals surface area contributed by atoms with Gasteiger partial charge in [-0.05, 0) is 30.3 Å². The lowest BCUT2D eigenvalue weighted by molar-refractivity contribution is -0.130. The quantitative estimate of drug-likeness (QED) is 0.357. The van der Waals surface area contributed by atoms with E-state index >= 15 is 0 Å². The predicted octanol–water partition coefficient (Wildman–Crippen LogP) is 2.90. The zero-order valence-corrected chi connectivity index (χ0v) is 21.3. The molecule has 0 spiro atoms. The standard InChI is InChI=1S/C28H26FN9O/c1-32-14-21(12-30)20-10-25(28-22(13-31)16-35-38(28)18-20)19-2-5-26(34-15-19)36-6-8-37(9-7-36)27(39)11-24-4-3-23(29)17-33-24/h2-5,10,12,14-18,30,32H,6-9,11H2,1H3/b21-14+,30-12?. The number of nitrogens with one attached hydrogen (secondary N) is 2. The molecule has 0 unspecified atom stereocenters. The van der Waals surface area contributed by atoms with Gasteiger partial charge in [-0.1, -0.05) is 0 Å². The van der Waals surface area contributed by atoms with Crippen molar-refractivity contribution in [2.75, 3.05) is 38.1 Å². The minimum atomic E-state index is -0.423. The highest BCUT2D eigenvalue weighted by atomic mass is 19.1. The highest BCUT2D eigenvalue weighted by Gasteiger charge is 2.23. The maximum atomic E-state index is 13.1. The summed E-state index contributed by atoms with van der Waals surface area (Å²) in [5.41, 5.74) is 4.72. The number of hydrogen-bond donors (Lipinski definition) is 2. The molecule has 10 nitrogen and oxygen atoms in total. The van der Waals surface area contributed by atoms with Crippen LogP contribution >= 0.6 is 0 Å². The van der Waals surface area contributed by atoms with E-state index in [-0.39, 0.29) is 12.3 Å². The van der Waals surface area contributed by atoms with Crippen LogP contribution in [-0.4, -0.2) is 69.8 Å². The van der Waals surface area contributed by atoms with Gasteiger partial charge >= 0.3 is 0 Å². The van der Waals surface area contributed by atoms with Crippen molar-refractivity contribution in [1.29, 1.82) is 10.7 Å². The summed E-state index contributed by atoms with van der Waals surface area (Å²) in [7, 11) is 1.77. The third kappa shape index (κ3) is 5.31. The number of nitrogens with zero attached hydrogens (tertiary/aromatic N) is 7. The highest BCUT2D eigenvalue weighted by Crippen LogP contribution is 2.30. The molecule has 0 aliphatic carbocycles. The van der Waals surface area contributed by atoms with E-state index in [1.54, 1.807) is 35.1 Å². The summed E-state index contributed by atoms with van der Waals surface area (Å²) in [6.45, 7) is 2.37. The molecule has 0 atom stereocenters. The number of halogens is 1. The van der Waals surface area contributed by atoms with Crippen LogP contribution in [0.15, 0.2) is 61.3 Å². The predicted molar refractivity (Wildman–Crippen MR) is 146 cm³/mol.